The molecule has 0 aliphatic heterocycles. The summed E-state index contributed by atoms with van der Waals surface area (Å²) in [6.07, 6.45) is 6.19. The van der Waals surface area contributed by atoms with Gasteiger partial charge in [-0.3, -0.25) is 0 Å². The molecule has 0 aromatic carbocycles. The quantitative estimate of drug-likeness (QED) is 0.661. The minimum Gasteiger partial charge on any atom is -0.392 e. The fourth-order valence-corrected chi connectivity index (χ4v) is 4.13. The van der Waals surface area contributed by atoms with Crippen LogP contribution in [0.5, 0.6) is 0 Å². The Bertz CT molecular complexity index is 466. The van der Waals surface area contributed by atoms with E-state index < -0.39 is 16.6 Å². The molecular weight excluding hydrogens is 228 g/mol. The third kappa shape index (κ3) is 1.20. The summed E-state index contributed by atoms with van der Waals surface area (Å²) in [7, 11) is 0. The Morgan fingerprint density at radius 3 is 2.28 bits per heavy atom. The van der Waals surface area contributed by atoms with Crippen LogP contribution in [0.4, 0.5) is 0 Å². The van der Waals surface area contributed by atoms with E-state index in [0.29, 0.717) is 6.42 Å². The normalized spacial score (nSPS) is 43.4. The summed E-state index contributed by atoms with van der Waals surface area (Å²) in [5.41, 5.74) is -1.24. The molecule has 18 heavy (non-hydrogen) atoms. The van der Waals surface area contributed by atoms with Crippen LogP contribution in [0.15, 0.2) is 23.3 Å². The molecule has 3 nitrogen and oxygen atoms in total. The van der Waals surface area contributed by atoms with Crippen LogP contribution in [0.3, 0.4) is 0 Å². The van der Waals surface area contributed by atoms with E-state index in [9.17, 15) is 15.3 Å². The first kappa shape index (κ1) is 12.4. The maximum absolute atomic E-state index is 11.0. The monoisotopic (exact) mass is 250 g/mol. The molecule has 3 rings (SSSR count). The van der Waals surface area contributed by atoms with Gasteiger partial charge in [-0.1, -0.05) is 26.0 Å². The Morgan fingerprint density at radius 1 is 1.17 bits per heavy atom. The predicted molar refractivity (Wildman–Crippen MR) is 68.9 cm³/mol. The van der Waals surface area contributed by atoms with Gasteiger partial charge in [0, 0.05) is 5.41 Å². The van der Waals surface area contributed by atoms with Gasteiger partial charge in [0.15, 0.2) is 0 Å². The summed E-state index contributed by atoms with van der Waals surface area (Å²) in [6, 6.07) is 0. The molecule has 100 valence electrons. The minimum absolute atomic E-state index is 0.0377. The van der Waals surface area contributed by atoms with Crippen molar-refractivity contribution in [2.75, 3.05) is 6.61 Å². The third-order valence-corrected chi connectivity index (χ3v) is 5.34. The topological polar surface area (TPSA) is 60.7 Å². The molecule has 0 heterocycles. The lowest BCUT2D eigenvalue weighted by atomic mass is 9.62. The van der Waals surface area contributed by atoms with Gasteiger partial charge in [0.2, 0.25) is 0 Å². The highest BCUT2D eigenvalue weighted by molar-refractivity contribution is 5.51. The standard InChI is InChI=1S/C15H22O3/c1-12(2)7-10-6-11(8-16)14(4-5-14)13(3,17)15(10,18)9-12/h6-7,16-18H,4-5,8-9H2,1-3H3/t13-,15+/m0/s1. The lowest BCUT2D eigenvalue weighted by Crippen LogP contribution is -2.61. The SMILES string of the molecule is CC1(C)C=C2C=C(CO)C3(CC3)[C@](C)(O)[C@@]2(O)C1. The van der Waals surface area contributed by atoms with Crippen molar-refractivity contribution in [1.82, 2.24) is 0 Å². The van der Waals surface area contributed by atoms with Crippen LogP contribution in [0.1, 0.15) is 40.0 Å². The number of rotatable bonds is 1. The molecule has 3 N–H and O–H groups in total. The van der Waals surface area contributed by atoms with E-state index in [2.05, 4.69) is 13.8 Å². The van der Waals surface area contributed by atoms with Crippen LogP contribution in [0.2, 0.25) is 0 Å². The summed E-state index contributed by atoms with van der Waals surface area (Å²) >= 11 is 0. The van der Waals surface area contributed by atoms with Crippen LogP contribution in [-0.2, 0) is 0 Å². The summed E-state index contributed by atoms with van der Waals surface area (Å²) in [5, 5.41) is 31.5. The lowest BCUT2D eigenvalue weighted by Gasteiger charge is -2.50. The number of allylic oxidation sites excluding steroid dienone is 1. The molecule has 0 aromatic heterocycles. The average molecular weight is 250 g/mol. The zero-order valence-electron chi connectivity index (χ0n) is 11.3. The fraction of sp³-hybridized carbons (Fsp3) is 0.733. The lowest BCUT2D eigenvalue weighted by molar-refractivity contribution is -0.161. The first-order valence-electron chi connectivity index (χ1n) is 6.69. The summed E-state index contributed by atoms with van der Waals surface area (Å²) in [5.74, 6) is 0. The highest BCUT2D eigenvalue weighted by atomic mass is 16.4. The number of hydrogen-bond donors (Lipinski definition) is 3. The van der Waals surface area contributed by atoms with Gasteiger partial charge in [0.25, 0.3) is 0 Å². The highest BCUT2D eigenvalue weighted by Crippen LogP contribution is 2.68. The van der Waals surface area contributed by atoms with Crippen molar-refractivity contribution >= 4 is 0 Å². The van der Waals surface area contributed by atoms with E-state index in [1.54, 1.807) is 6.92 Å². The Hall–Kier alpha value is -0.640. The van der Waals surface area contributed by atoms with Crippen molar-refractivity contribution in [2.24, 2.45) is 10.8 Å². The molecule has 0 unspecified atom stereocenters. The largest absolute Gasteiger partial charge is 0.392 e. The molecule has 1 spiro atoms. The van der Waals surface area contributed by atoms with Crippen molar-refractivity contribution in [1.29, 1.82) is 0 Å². The number of fused-ring (bicyclic) bond motifs is 1. The summed E-state index contributed by atoms with van der Waals surface area (Å²) in [6.45, 7) is 5.83. The molecule has 0 amide bonds. The molecule has 0 bridgehead atoms. The van der Waals surface area contributed by atoms with E-state index in [4.69, 9.17) is 0 Å². The number of hydrogen-bond acceptors (Lipinski definition) is 3. The van der Waals surface area contributed by atoms with Crippen molar-refractivity contribution in [3.8, 4) is 0 Å². The average Bonchev–Trinajstić information content (AvgIpc) is 2.98. The molecule has 3 heteroatoms. The summed E-state index contributed by atoms with van der Waals surface area (Å²) in [4.78, 5) is 0. The van der Waals surface area contributed by atoms with Gasteiger partial charge in [-0.2, -0.15) is 0 Å². The molecule has 2 atom stereocenters. The third-order valence-electron chi connectivity index (χ3n) is 5.34. The minimum atomic E-state index is -1.19. The first-order chi connectivity index (χ1) is 8.19. The molecule has 0 radical (unpaired) electrons. The van der Waals surface area contributed by atoms with Crippen molar-refractivity contribution in [2.45, 2.75) is 51.2 Å². The van der Waals surface area contributed by atoms with Gasteiger partial charge < -0.3 is 15.3 Å². The van der Waals surface area contributed by atoms with Gasteiger partial charge in [0.05, 0.1) is 6.61 Å². The fourth-order valence-electron chi connectivity index (χ4n) is 4.13. The van der Waals surface area contributed by atoms with Gasteiger partial charge >= 0.3 is 0 Å². The summed E-state index contributed by atoms with van der Waals surface area (Å²) < 4.78 is 0. The second-order valence-corrected chi connectivity index (χ2v) is 7.11. The van der Waals surface area contributed by atoms with E-state index in [1.165, 1.54) is 0 Å². The van der Waals surface area contributed by atoms with Gasteiger partial charge in [-0.05, 0) is 42.7 Å². The number of aliphatic hydroxyl groups is 3. The molecule has 1 fully saturated rings. The van der Waals surface area contributed by atoms with Crippen LogP contribution >= 0.6 is 0 Å². The van der Waals surface area contributed by atoms with Gasteiger partial charge in [0.1, 0.15) is 11.2 Å². The van der Waals surface area contributed by atoms with Crippen molar-refractivity contribution < 1.29 is 15.3 Å². The molecule has 3 aliphatic carbocycles. The van der Waals surface area contributed by atoms with E-state index in [-0.39, 0.29) is 12.0 Å². The molecular formula is C15H22O3. The van der Waals surface area contributed by atoms with Crippen LogP contribution in [0, 0.1) is 10.8 Å². The second kappa shape index (κ2) is 3.09. The van der Waals surface area contributed by atoms with Crippen molar-refractivity contribution in [3.63, 3.8) is 0 Å². The van der Waals surface area contributed by atoms with Crippen molar-refractivity contribution in [3.05, 3.63) is 23.3 Å². The Kier molecular flexibility index (Phi) is 2.13. The number of aliphatic hydroxyl groups excluding tert-OH is 1. The predicted octanol–water partition coefficient (Wildman–Crippen LogP) is 1.54. The smallest absolute Gasteiger partial charge is 0.119 e. The zero-order chi connectivity index (χ0) is 13.4. The molecule has 3 aliphatic rings. The Morgan fingerprint density at radius 2 is 1.78 bits per heavy atom. The zero-order valence-corrected chi connectivity index (χ0v) is 11.3. The van der Waals surface area contributed by atoms with Crippen LogP contribution in [-0.4, -0.2) is 33.1 Å². The molecule has 1 saturated carbocycles. The molecule has 0 saturated heterocycles. The van der Waals surface area contributed by atoms with Crippen LogP contribution in [0.25, 0.3) is 0 Å². The maximum Gasteiger partial charge on any atom is 0.119 e. The Labute approximate surface area is 108 Å². The van der Waals surface area contributed by atoms with E-state index >= 15 is 0 Å². The first-order valence-corrected chi connectivity index (χ1v) is 6.69. The highest BCUT2D eigenvalue weighted by Gasteiger charge is 2.70. The van der Waals surface area contributed by atoms with E-state index in [0.717, 1.165) is 24.0 Å². The second-order valence-electron chi connectivity index (χ2n) is 7.11. The van der Waals surface area contributed by atoms with E-state index in [1.807, 2.05) is 12.2 Å². The van der Waals surface area contributed by atoms with Gasteiger partial charge in [-0.15, -0.1) is 0 Å². The molecule has 0 aromatic rings. The Balaban J connectivity index is 2.19. The van der Waals surface area contributed by atoms with Gasteiger partial charge in [-0.25, -0.2) is 0 Å². The van der Waals surface area contributed by atoms with Crippen LogP contribution < -0.4 is 0 Å². The maximum atomic E-state index is 11.0.